The van der Waals surface area contributed by atoms with E-state index in [-0.39, 0.29) is 11.7 Å². The van der Waals surface area contributed by atoms with Crippen LogP contribution in [0, 0.1) is 12.3 Å². The molecule has 17 heavy (non-hydrogen) atoms. The summed E-state index contributed by atoms with van der Waals surface area (Å²) in [6, 6.07) is -0.109. The van der Waals surface area contributed by atoms with Crippen molar-refractivity contribution in [2.24, 2.45) is 0 Å². The van der Waals surface area contributed by atoms with Crippen LogP contribution in [0.2, 0.25) is 0 Å². The molecule has 1 N–H and O–H groups in total. The zero-order valence-electron chi connectivity index (χ0n) is 9.93. The first-order valence-corrected chi connectivity index (χ1v) is 5.34. The lowest BCUT2D eigenvalue weighted by Gasteiger charge is -2.12. The molecule has 1 aromatic rings. The van der Waals surface area contributed by atoms with Crippen molar-refractivity contribution in [1.29, 1.82) is 0 Å². The molecule has 0 bridgehead atoms. The molecule has 1 unspecified atom stereocenters. The fourth-order valence-corrected chi connectivity index (χ4v) is 1.30. The van der Waals surface area contributed by atoms with Crippen LogP contribution in [0.1, 0.15) is 30.3 Å². The maximum atomic E-state index is 11.3. The summed E-state index contributed by atoms with van der Waals surface area (Å²) in [5.74, 6) is 2.58. The van der Waals surface area contributed by atoms with Crippen molar-refractivity contribution in [2.45, 2.75) is 25.8 Å². The summed E-state index contributed by atoms with van der Waals surface area (Å²) in [6.45, 7) is 2.04. The van der Waals surface area contributed by atoms with Crippen LogP contribution in [0.5, 0.6) is 0 Å². The van der Waals surface area contributed by atoms with E-state index in [9.17, 15) is 4.79 Å². The second kappa shape index (κ2) is 6.48. The summed E-state index contributed by atoms with van der Waals surface area (Å²) in [4.78, 5) is 19.2. The number of nitrogens with one attached hydrogen (secondary N) is 1. The van der Waals surface area contributed by atoms with Gasteiger partial charge in [0.25, 0.3) is 0 Å². The molecule has 5 heteroatoms. The molecule has 0 fully saturated rings. The van der Waals surface area contributed by atoms with E-state index in [4.69, 9.17) is 6.42 Å². The average molecular weight is 233 g/mol. The van der Waals surface area contributed by atoms with Gasteiger partial charge in [-0.25, -0.2) is 9.78 Å². The molecule has 0 aliphatic rings. The van der Waals surface area contributed by atoms with E-state index >= 15 is 0 Å². The number of aromatic nitrogens is 2. The number of terminal acetylenes is 1. The highest BCUT2D eigenvalue weighted by Crippen LogP contribution is 2.07. The highest BCUT2D eigenvalue weighted by Gasteiger charge is 2.10. The van der Waals surface area contributed by atoms with Gasteiger partial charge in [0.1, 0.15) is 5.82 Å². The maximum absolute atomic E-state index is 11.3. The molecular formula is C12H15N3O2. The van der Waals surface area contributed by atoms with Crippen molar-refractivity contribution in [3.05, 3.63) is 18.1 Å². The molecule has 90 valence electrons. The lowest BCUT2D eigenvalue weighted by molar-refractivity contribution is 0.0593. The summed E-state index contributed by atoms with van der Waals surface area (Å²) in [7, 11) is 1.30. The molecule has 1 rings (SSSR count). The summed E-state index contributed by atoms with van der Waals surface area (Å²) < 4.78 is 4.56. The molecule has 0 spiro atoms. The van der Waals surface area contributed by atoms with Crippen molar-refractivity contribution < 1.29 is 9.53 Å². The number of methoxy groups -OCH3 is 1. The van der Waals surface area contributed by atoms with E-state index in [1.807, 2.05) is 6.92 Å². The number of hydrogen-bond acceptors (Lipinski definition) is 5. The van der Waals surface area contributed by atoms with E-state index in [1.54, 1.807) is 0 Å². The molecule has 0 saturated carbocycles. The van der Waals surface area contributed by atoms with Crippen molar-refractivity contribution in [3.63, 3.8) is 0 Å². The largest absolute Gasteiger partial charge is 0.464 e. The van der Waals surface area contributed by atoms with Crippen molar-refractivity contribution in [1.82, 2.24) is 9.97 Å². The lowest BCUT2D eigenvalue weighted by Crippen LogP contribution is -2.18. The van der Waals surface area contributed by atoms with Gasteiger partial charge in [-0.05, 0) is 6.42 Å². The highest BCUT2D eigenvalue weighted by molar-refractivity contribution is 5.87. The van der Waals surface area contributed by atoms with Crippen LogP contribution in [0.25, 0.3) is 0 Å². The molecule has 0 amide bonds. The Labute approximate surface area is 101 Å². The van der Waals surface area contributed by atoms with E-state index in [0.717, 1.165) is 12.8 Å². The Hall–Kier alpha value is -2.09. The third-order valence-corrected chi connectivity index (χ3v) is 2.13. The number of nitrogens with zero attached hydrogens (tertiary/aromatic N) is 2. The predicted octanol–water partition coefficient (Wildman–Crippen LogP) is 1.48. The van der Waals surface area contributed by atoms with Crippen LogP contribution >= 0.6 is 0 Å². The fraction of sp³-hybridized carbons (Fsp3) is 0.417. The Morgan fingerprint density at radius 2 is 2.41 bits per heavy atom. The number of carbonyl (C=O) groups excluding carboxylic acids is 1. The van der Waals surface area contributed by atoms with Crippen LogP contribution in [0.4, 0.5) is 5.82 Å². The number of rotatable bonds is 5. The second-order valence-corrected chi connectivity index (χ2v) is 3.43. The molecule has 0 aliphatic heterocycles. The van der Waals surface area contributed by atoms with Crippen LogP contribution in [0.15, 0.2) is 12.4 Å². The molecule has 1 heterocycles. The molecule has 0 aromatic carbocycles. The second-order valence-electron chi connectivity index (χ2n) is 3.43. The normalized spacial score (nSPS) is 11.4. The number of hydrogen-bond donors (Lipinski definition) is 1. The number of ether oxygens (including phenoxy) is 1. The molecule has 0 aliphatic carbocycles. The molecule has 1 aromatic heterocycles. The van der Waals surface area contributed by atoms with E-state index in [1.165, 1.54) is 19.5 Å². The topological polar surface area (TPSA) is 64.1 Å². The highest BCUT2D eigenvalue weighted by atomic mass is 16.5. The van der Waals surface area contributed by atoms with Gasteiger partial charge in [-0.3, -0.25) is 4.98 Å². The van der Waals surface area contributed by atoms with Crippen molar-refractivity contribution >= 4 is 11.8 Å². The van der Waals surface area contributed by atoms with Gasteiger partial charge in [0.05, 0.1) is 25.5 Å². The first kappa shape index (κ1) is 13.0. The van der Waals surface area contributed by atoms with Crippen molar-refractivity contribution in [3.8, 4) is 12.3 Å². The first-order chi connectivity index (χ1) is 8.21. The maximum Gasteiger partial charge on any atom is 0.358 e. The summed E-state index contributed by atoms with van der Waals surface area (Å²) >= 11 is 0. The molecule has 0 saturated heterocycles. The minimum absolute atomic E-state index is 0.109. The SMILES string of the molecule is C#CC(CCC)Nc1cncc(C(=O)OC)n1. The zero-order chi connectivity index (χ0) is 12.7. The van der Waals surface area contributed by atoms with Gasteiger partial charge >= 0.3 is 5.97 Å². The van der Waals surface area contributed by atoms with Gasteiger partial charge in [0.15, 0.2) is 5.69 Å². The number of carbonyl (C=O) groups is 1. The molecule has 1 atom stereocenters. The number of esters is 1. The molecular weight excluding hydrogens is 218 g/mol. The van der Waals surface area contributed by atoms with E-state index in [2.05, 4.69) is 25.9 Å². The summed E-state index contributed by atoms with van der Waals surface area (Å²) in [5.41, 5.74) is 0.157. The smallest absolute Gasteiger partial charge is 0.358 e. The first-order valence-electron chi connectivity index (χ1n) is 5.34. The van der Waals surface area contributed by atoms with Crippen molar-refractivity contribution in [2.75, 3.05) is 12.4 Å². The Kier molecular flexibility index (Phi) is 4.95. The van der Waals surface area contributed by atoms with E-state index in [0.29, 0.717) is 5.82 Å². The van der Waals surface area contributed by atoms with Crippen LogP contribution in [-0.4, -0.2) is 29.1 Å². The predicted molar refractivity (Wildman–Crippen MR) is 64.5 cm³/mol. The summed E-state index contributed by atoms with van der Waals surface area (Å²) in [6.07, 6.45) is 10.0. The minimum Gasteiger partial charge on any atom is -0.464 e. The monoisotopic (exact) mass is 233 g/mol. The van der Waals surface area contributed by atoms with Gasteiger partial charge in [-0.15, -0.1) is 6.42 Å². The Morgan fingerprint density at radius 1 is 1.65 bits per heavy atom. The number of anilines is 1. The fourth-order valence-electron chi connectivity index (χ4n) is 1.30. The van der Waals surface area contributed by atoms with Gasteiger partial charge in [0.2, 0.25) is 0 Å². The molecule has 0 radical (unpaired) electrons. The van der Waals surface area contributed by atoms with Crippen LogP contribution < -0.4 is 5.32 Å². The third kappa shape index (κ3) is 3.76. The molecule has 5 nitrogen and oxygen atoms in total. The Balaban J connectivity index is 2.78. The quantitative estimate of drug-likeness (QED) is 0.616. The van der Waals surface area contributed by atoms with Gasteiger partial charge in [-0.1, -0.05) is 19.3 Å². The summed E-state index contributed by atoms with van der Waals surface area (Å²) in [5, 5.41) is 3.03. The van der Waals surface area contributed by atoms with E-state index < -0.39 is 5.97 Å². The Bertz CT molecular complexity index is 426. The minimum atomic E-state index is -0.520. The van der Waals surface area contributed by atoms with Crippen LogP contribution in [-0.2, 0) is 4.74 Å². The lowest BCUT2D eigenvalue weighted by atomic mass is 10.2. The van der Waals surface area contributed by atoms with Gasteiger partial charge in [0, 0.05) is 0 Å². The van der Waals surface area contributed by atoms with Gasteiger partial charge in [-0.2, -0.15) is 0 Å². The zero-order valence-corrected chi connectivity index (χ0v) is 9.93. The standard InChI is InChI=1S/C12H15N3O2/c1-4-6-9(5-2)14-11-8-13-7-10(15-11)12(16)17-3/h2,7-9H,4,6H2,1,3H3,(H,14,15). The van der Waals surface area contributed by atoms with Crippen LogP contribution in [0.3, 0.4) is 0 Å². The Morgan fingerprint density at radius 3 is 3.00 bits per heavy atom. The third-order valence-electron chi connectivity index (χ3n) is 2.13. The van der Waals surface area contributed by atoms with Gasteiger partial charge < -0.3 is 10.1 Å². The average Bonchev–Trinajstić information content (AvgIpc) is 2.37.